The normalized spacial score (nSPS) is 10.4. The molecule has 0 bridgehead atoms. The number of aryl methyl sites for hydroxylation is 1. The van der Waals surface area contributed by atoms with Crippen LogP contribution in [0.3, 0.4) is 0 Å². The molecule has 0 saturated heterocycles. The molecule has 0 amide bonds. The first-order chi connectivity index (χ1) is 10.7. The van der Waals surface area contributed by atoms with Gasteiger partial charge in [0, 0.05) is 5.56 Å². The summed E-state index contributed by atoms with van der Waals surface area (Å²) in [4.78, 5) is 0. The Hall–Kier alpha value is -3.00. The van der Waals surface area contributed by atoms with Crippen molar-refractivity contribution in [1.82, 2.24) is 15.0 Å². The van der Waals surface area contributed by atoms with Crippen LogP contribution in [0.5, 0.6) is 0 Å². The second kappa shape index (κ2) is 5.78. The zero-order chi connectivity index (χ0) is 15.5. The standard InChI is InChI=1S/C17H13FN4/c1-12-5-7-14(8-6-12)17-16(10-19)20-21-22(17)11-13-3-2-4-15(18)9-13/h2-9H,11H2,1H3. The molecule has 0 aliphatic rings. The second-order valence-corrected chi connectivity index (χ2v) is 5.05. The molecule has 22 heavy (non-hydrogen) atoms. The Balaban J connectivity index is 2.04. The molecule has 0 saturated carbocycles. The van der Waals surface area contributed by atoms with Gasteiger partial charge in [0.25, 0.3) is 0 Å². The summed E-state index contributed by atoms with van der Waals surface area (Å²) in [7, 11) is 0. The minimum Gasteiger partial charge on any atom is -0.239 e. The van der Waals surface area contributed by atoms with Crippen LogP contribution in [0.2, 0.25) is 0 Å². The highest BCUT2D eigenvalue weighted by atomic mass is 19.1. The highest BCUT2D eigenvalue weighted by molar-refractivity contribution is 5.65. The van der Waals surface area contributed by atoms with Crippen molar-refractivity contribution in [3.63, 3.8) is 0 Å². The van der Waals surface area contributed by atoms with Crippen molar-refractivity contribution in [3.05, 3.63) is 71.2 Å². The van der Waals surface area contributed by atoms with Crippen LogP contribution in [0.4, 0.5) is 4.39 Å². The molecule has 0 aliphatic carbocycles. The number of rotatable bonds is 3. The Labute approximate surface area is 127 Å². The highest BCUT2D eigenvalue weighted by Crippen LogP contribution is 2.23. The molecule has 1 heterocycles. The summed E-state index contributed by atoms with van der Waals surface area (Å²) in [5, 5.41) is 17.2. The zero-order valence-corrected chi connectivity index (χ0v) is 12.0. The van der Waals surface area contributed by atoms with Crippen molar-refractivity contribution >= 4 is 0 Å². The summed E-state index contributed by atoms with van der Waals surface area (Å²) >= 11 is 0. The van der Waals surface area contributed by atoms with Gasteiger partial charge in [-0.3, -0.25) is 0 Å². The van der Waals surface area contributed by atoms with Crippen LogP contribution >= 0.6 is 0 Å². The molecule has 0 spiro atoms. The molecule has 108 valence electrons. The molecular weight excluding hydrogens is 279 g/mol. The first-order valence-electron chi connectivity index (χ1n) is 6.82. The van der Waals surface area contributed by atoms with E-state index in [2.05, 4.69) is 16.4 Å². The molecule has 5 heteroatoms. The monoisotopic (exact) mass is 292 g/mol. The van der Waals surface area contributed by atoms with Gasteiger partial charge in [0.15, 0.2) is 5.69 Å². The van der Waals surface area contributed by atoms with E-state index in [0.29, 0.717) is 12.2 Å². The van der Waals surface area contributed by atoms with E-state index in [0.717, 1.165) is 16.7 Å². The van der Waals surface area contributed by atoms with Crippen LogP contribution in [-0.4, -0.2) is 15.0 Å². The second-order valence-electron chi connectivity index (χ2n) is 5.05. The third-order valence-electron chi connectivity index (χ3n) is 3.39. The molecule has 0 unspecified atom stereocenters. The van der Waals surface area contributed by atoms with E-state index < -0.39 is 0 Å². The summed E-state index contributed by atoms with van der Waals surface area (Å²) in [6, 6.07) is 16.2. The maximum atomic E-state index is 13.3. The Morgan fingerprint density at radius 3 is 2.64 bits per heavy atom. The van der Waals surface area contributed by atoms with Gasteiger partial charge in [0.2, 0.25) is 0 Å². The predicted molar refractivity (Wildman–Crippen MR) is 80.4 cm³/mol. The van der Waals surface area contributed by atoms with Gasteiger partial charge < -0.3 is 0 Å². The van der Waals surface area contributed by atoms with Crippen molar-refractivity contribution in [1.29, 1.82) is 5.26 Å². The average molecular weight is 292 g/mol. The lowest BCUT2D eigenvalue weighted by molar-refractivity contribution is 0.615. The summed E-state index contributed by atoms with van der Waals surface area (Å²) < 4.78 is 14.9. The predicted octanol–water partition coefficient (Wildman–Crippen LogP) is 3.31. The fourth-order valence-electron chi connectivity index (χ4n) is 2.30. The van der Waals surface area contributed by atoms with Gasteiger partial charge in [-0.05, 0) is 24.6 Å². The Kier molecular flexibility index (Phi) is 3.67. The van der Waals surface area contributed by atoms with E-state index >= 15 is 0 Å². The fraction of sp³-hybridized carbons (Fsp3) is 0.118. The van der Waals surface area contributed by atoms with E-state index in [1.165, 1.54) is 12.1 Å². The third kappa shape index (κ3) is 2.72. The quantitative estimate of drug-likeness (QED) is 0.744. The van der Waals surface area contributed by atoms with Gasteiger partial charge in [-0.25, -0.2) is 9.07 Å². The van der Waals surface area contributed by atoms with E-state index in [4.69, 9.17) is 0 Å². The molecule has 0 radical (unpaired) electrons. The summed E-state index contributed by atoms with van der Waals surface area (Å²) in [6.07, 6.45) is 0. The molecule has 0 aliphatic heterocycles. The average Bonchev–Trinajstić information content (AvgIpc) is 2.91. The number of halogens is 1. The van der Waals surface area contributed by atoms with Gasteiger partial charge in [-0.1, -0.05) is 47.2 Å². The van der Waals surface area contributed by atoms with E-state index in [-0.39, 0.29) is 11.5 Å². The number of nitriles is 1. The largest absolute Gasteiger partial charge is 0.239 e. The van der Waals surface area contributed by atoms with Crippen molar-refractivity contribution in [2.75, 3.05) is 0 Å². The van der Waals surface area contributed by atoms with Crippen molar-refractivity contribution < 1.29 is 4.39 Å². The molecule has 2 aromatic carbocycles. The molecule has 0 N–H and O–H groups in total. The summed E-state index contributed by atoms with van der Waals surface area (Å²) in [5.74, 6) is -0.296. The Bertz CT molecular complexity index is 844. The van der Waals surface area contributed by atoms with Crippen molar-refractivity contribution in [2.45, 2.75) is 13.5 Å². The van der Waals surface area contributed by atoms with Crippen LogP contribution in [0, 0.1) is 24.1 Å². The molecule has 0 atom stereocenters. The van der Waals surface area contributed by atoms with Gasteiger partial charge in [0.05, 0.1) is 6.54 Å². The number of hydrogen-bond acceptors (Lipinski definition) is 3. The first-order valence-corrected chi connectivity index (χ1v) is 6.82. The number of hydrogen-bond donors (Lipinski definition) is 0. The number of nitrogens with zero attached hydrogens (tertiary/aromatic N) is 4. The van der Waals surface area contributed by atoms with Crippen molar-refractivity contribution in [2.24, 2.45) is 0 Å². The van der Waals surface area contributed by atoms with E-state index in [1.54, 1.807) is 10.7 Å². The van der Waals surface area contributed by atoms with Gasteiger partial charge in [-0.15, -0.1) is 5.10 Å². The molecule has 3 rings (SSSR count). The van der Waals surface area contributed by atoms with Crippen molar-refractivity contribution in [3.8, 4) is 17.3 Å². The Morgan fingerprint density at radius 2 is 1.95 bits per heavy atom. The minimum absolute atomic E-state index is 0.264. The molecular formula is C17H13FN4. The Morgan fingerprint density at radius 1 is 1.18 bits per heavy atom. The summed E-state index contributed by atoms with van der Waals surface area (Å²) in [6.45, 7) is 2.35. The van der Waals surface area contributed by atoms with Crippen LogP contribution in [0.15, 0.2) is 48.5 Å². The fourth-order valence-corrected chi connectivity index (χ4v) is 2.30. The van der Waals surface area contributed by atoms with E-state index in [9.17, 15) is 9.65 Å². The van der Waals surface area contributed by atoms with Crippen LogP contribution in [0.25, 0.3) is 11.3 Å². The smallest absolute Gasteiger partial charge is 0.190 e. The molecule has 1 aromatic heterocycles. The highest BCUT2D eigenvalue weighted by Gasteiger charge is 2.15. The SMILES string of the molecule is Cc1ccc(-c2c(C#N)nnn2Cc2cccc(F)c2)cc1. The van der Waals surface area contributed by atoms with Gasteiger partial charge in [-0.2, -0.15) is 5.26 Å². The third-order valence-corrected chi connectivity index (χ3v) is 3.39. The number of aromatic nitrogens is 3. The minimum atomic E-state index is -0.296. The zero-order valence-electron chi connectivity index (χ0n) is 12.0. The lowest BCUT2D eigenvalue weighted by Gasteiger charge is -2.07. The molecule has 4 nitrogen and oxygen atoms in total. The maximum Gasteiger partial charge on any atom is 0.190 e. The molecule has 3 aromatic rings. The van der Waals surface area contributed by atoms with Gasteiger partial charge in [0.1, 0.15) is 17.6 Å². The topological polar surface area (TPSA) is 54.5 Å². The summed E-state index contributed by atoms with van der Waals surface area (Å²) in [5.41, 5.74) is 3.67. The van der Waals surface area contributed by atoms with Crippen LogP contribution in [-0.2, 0) is 6.54 Å². The van der Waals surface area contributed by atoms with E-state index in [1.807, 2.05) is 37.3 Å². The lowest BCUT2D eigenvalue weighted by Crippen LogP contribution is -2.04. The lowest BCUT2D eigenvalue weighted by atomic mass is 10.1. The van der Waals surface area contributed by atoms with Crippen LogP contribution in [0.1, 0.15) is 16.8 Å². The molecule has 0 fully saturated rings. The first kappa shape index (κ1) is 14.0. The van der Waals surface area contributed by atoms with Gasteiger partial charge >= 0.3 is 0 Å². The maximum absolute atomic E-state index is 13.3. The number of benzene rings is 2. The van der Waals surface area contributed by atoms with Crippen LogP contribution < -0.4 is 0 Å².